The van der Waals surface area contributed by atoms with Crippen molar-refractivity contribution in [3.05, 3.63) is 24.0 Å². The normalized spacial score (nSPS) is 20.5. The molecule has 0 unspecified atom stereocenters. The third-order valence-electron chi connectivity index (χ3n) is 2.59. The van der Waals surface area contributed by atoms with E-state index in [2.05, 4.69) is 4.98 Å². The van der Waals surface area contributed by atoms with Gasteiger partial charge < -0.3 is 15.2 Å². The monoisotopic (exact) mass is 208 g/mol. The summed E-state index contributed by atoms with van der Waals surface area (Å²) in [4.78, 5) is 4.03. The molecule has 0 radical (unpaired) electrons. The molecule has 1 saturated heterocycles. The molecule has 0 amide bonds. The minimum atomic E-state index is 0.485. The quantitative estimate of drug-likeness (QED) is 0.800. The van der Waals surface area contributed by atoms with E-state index in [-0.39, 0.29) is 0 Å². The maximum atomic E-state index is 5.69. The van der Waals surface area contributed by atoms with Crippen LogP contribution in [0.25, 0.3) is 0 Å². The molecule has 0 aromatic carbocycles. The summed E-state index contributed by atoms with van der Waals surface area (Å²) in [6.07, 6.45) is 4.53. The smallest absolute Gasteiger partial charge is 0.142 e. The van der Waals surface area contributed by atoms with Gasteiger partial charge in [0.1, 0.15) is 5.75 Å². The molecule has 2 heterocycles. The number of ether oxygens (including phenoxy) is 2. The SMILES string of the molecule is NCc1ccncc1OC[C@@H]1CCOC1. The van der Waals surface area contributed by atoms with Crippen LogP contribution in [-0.2, 0) is 11.3 Å². The highest BCUT2D eigenvalue weighted by Crippen LogP contribution is 2.19. The van der Waals surface area contributed by atoms with Gasteiger partial charge in [-0.15, -0.1) is 0 Å². The van der Waals surface area contributed by atoms with Crippen molar-refractivity contribution in [3.8, 4) is 5.75 Å². The van der Waals surface area contributed by atoms with E-state index < -0.39 is 0 Å². The van der Waals surface area contributed by atoms with Crippen molar-refractivity contribution in [3.63, 3.8) is 0 Å². The summed E-state index contributed by atoms with van der Waals surface area (Å²) < 4.78 is 11.0. The van der Waals surface area contributed by atoms with Crippen LogP contribution in [0.15, 0.2) is 18.5 Å². The highest BCUT2D eigenvalue weighted by atomic mass is 16.5. The minimum Gasteiger partial charge on any atom is -0.491 e. The number of nitrogens with two attached hydrogens (primary N) is 1. The predicted molar refractivity (Wildman–Crippen MR) is 56.5 cm³/mol. The Kier molecular flexibility index (Phi) is 3.53. The van der Waals surface area contributed by atoms with Crippen LogP contribution in [0.5, 0.6) is 5.75 Å². The lowest BCUT2D eigenvalue weighted by atomic mass is 10.1. The van der Waals surface area contributed by atoms with Gasteiger partial charge in [-0.3, -0.25) is 4.98 Å². The molecule has 2 rings (SSSR count). The van der Waals surface area contributed by atoms with E-state index in [4.69, 9.17) is 15.2 Å². The van der Waals surface area contributed by atoms with Gasteiger partial charge in [0.15, 0.2) is 0 Å². The Morgan fingerprint density at radius 1 is 1.60 bits per heavy atom. The van der Waals surface area contributed by atoms with Gasteiger partial charge in [-0.2, -0.15) is 0 Å². The van der Waals surface area contributed by atoms with Gasteiger partial charge >= 0.3 is 0 Å². The van der Waals surface area contributed by atoms with E-state index in [9.17, 15) is 0 Å². The molecule has 0 spiro atoms. The standard InChI is InChI=1S/C11H16N2O2/c12-5-10-1-3-13-6-11(10)15-8-9-2-4-14-7-9/h1,3,6,9H,2,4-5,7-8,12H2/t9-/m1/s1. The summed E-state index contributed by atoms with van der Waals surface area (Å²) in [5.41, 5.74) is 6.61. The van der Waals surface area contributed by atoms with Crippen molar-refractivity contribution in [2.45, 2.75) is 13.0 Å². The number of nitrogens with zero attached hydrogens (tertiary/aromatic N) is 1. The lowest BCUT2D eigenvalue weighted by Gasteiger charge is -2.12. The van der Waals surface area contributed by atoms with Crippen LogP contribution >= 0.6 is 0 Å². The molecular formula is C11H16N2O2. The van der Waals surface area contributed by atoms with Gasteiger partial charge in [0.2, 0.25) is 0 Å². The first-order valence-corrected chi connectivity index (χ1v) is 5.23. The average Bonchev–Trinajstić information content (AvgIpc) is 2.79. The largest absolute Gasteiger partial charge is 0.491 e. The number of rotatable bonds is 4. The second-order valence-corrected chi connectivity index (χ2v) is 3.73. The first kappa shape index (κ1) is 10.4. The lowest BCUT2D eigenvalue weighted by molar-refractivity contribution is 0.166. The molecule has 0 bridgehead atoms. The number of hydrogen-bond donors (Lipinski definition) is 1. The Morgan fingerprint density at radius 3 is 3.27 bits per heavy atom. The summed E-state index contributed by atoms with van der Waals surface area (Å²) in [6.45, 7) is 2.83. The Bertz CT molecular complexity index is 311. The zero-order chi connectivity index (χ0) is 10.5. The fourth-order valence-corrected chi connectivity index (χ4v) is 1.63. The van der Waals surface area contributed by atoms with Gasteiger partial charge in [0.25, 0.3) is 0 Å². The van der Waals surface area contributed by atoms with E-state index in [1.165, 1.54) is 0 Å². The van der Waals surface area contributed by atoms with Crippen molar-refractivity contribution in [1.29, 1.82) is 0 Å². The molecule has 1 aliphatic heterocycles. The van der Waals surface area contributed by atoms with Crippen LogP contribution in [0, 0.1) is 5.92 Å². The summed E-state index contributed by atoms with van der Waals surface area (Å²) in [6, 6.07) is 1.89. The topological polar surface area (TPSA) is 57.4 Å². The van der Waals surface area contributed by atoms with Crippen LogP contribution in [0.4, 0.5) is 0 Å². The molecule has 1 atom stereocenters. The molecule has 1 aliphatic rings. The second kappa shape index (κ2) is 5.09. The third kappa shape index (κ3) is 2.67. The number of pyridine rings is 1. The summed E-state index contributed by atoms with van der Waals surface area (Å²) >= 11 is 0. The average molecular weight is 208 g/mol. The molecule has 2 N–H and O–H groups in total. The van der Waals surface area contributed by atoms with E-state index in [0.717, 1.165) is 30.9 Å². The van der Waals surface area contributed by atoms with Gasteiger partial charge in [0.05, 0.1) is 19.4 Å². The van der Waals surface area contributed by atoms with E-state index in [1.807, 2.05) is 6.07 Å². The summed E-state index contributed by atoms with van der Waals surface area (Å²) in [5, 5.41) is 0. The van der Waals surface area contributed by atoms with Gasteiger partial charge in [-0.25, -0.2) is 0 Å². The first-order chi connectivity index (χ1) is 7.40. The van der Waals surface area contributed by atoms with Crippen LogP contribution in [0.1, 0.15) is 12.0 Å². The molecule has 1 fully saturated rings. The minimum absolute atomic E-state index is 0.485. The fraction of sp³-hybridized carbons (Fsp3) is 0.545. The molecule has 4 heteroatoms. The molecule has 82 valence electrons. The lowest BCUT2D eigenvalue weighted by Crippen LogP contribution is -2.13. The van der Waals surface area contributed by atoms with E-state index in [1.54, 1.807) is 12.4 Å². The Morgan fingerprint density at radius 2 is 2.53 bits per heavy atom. The van der Waals surface area contributed by atoms with Gasteiger partial charge in [0, 0.05) is 30.8 Å². The maximum Gasteiger partial charge on any atom is 0.142 e. The van der Waals surface area contributed by atoms with Crippen molar-refractivity contribution in [2.75, 3.05) is 19.8 Å². The van der Waals surface area contributed by atoms with Crippen LogP contribution in [-0.4, -0.2) is 24.8 Å². The zero-order valence-corrected chi connectivity index (χ0v) is 8.69. The Hall–Kier alpha value is -1.13. The highest BCUT2D eigenvalue weighted by Gasteiger charge is 2.16. The van der Waals surface area contributed by atoms with E-state index >= 15 is 0 Å². The molecule has 1 aromatic heterocycles. The third-order valence-corrected chi connectivity index (χ3v) is 2.59. The molecule has 4 nitrogen and oxygen atoms in total. The van der Waals surface area contributed by atoms with Gasteiger partial charge in [-0.05, 0) is 12.5 Å². The van der Waals surface area contributed by atoms with Crippen molar-refractivity contribution < 1.29 is 9.47 Å². The molecule has 0 saturated carbocycles. The van der Waals surface area contributed by atoms with E-state index in [0.29, 0.717) is 19.1 Å². The first-order valence-electron chi connectivity index (χ1n) is 5.23. The Balaban J connectivity index is 1.91. The molecular weight excluding hydrogens is 192 g/mol. The number of aromatic nitrogens is 1. The predicted octanol–water partition coefficient (Wildman–Crippen LogP) is 0.956. The second-order valence-electron chi connectivity index (χ2n) is 3.73. The van der Waals surface area contributed by atoms with Gasteiger partial charge in [-0.1, -0.05) is 0 Å². The van der Waals surface area contributed by atoms with Crippen molar-refractivity contribution in [2.24, 2.45) is 11.7 Å². The number of hydrogen-bond acceptors (Lipinski definition) is 4. The van der Waals surface area contributed by atoms with Crippen molar-refractivity contribution in [1.82, 2.24) is 4.98 Å². The summed E-state index contributed by atoms with van der Waals surface area (Å²) in [5.74, 6) is 1.31. The zero-order valence-electron chi connectivity index (χ0n) is 8.69. The van der Waals surface area contributed by atoms with Crippen molar-refractivity contribution >= 4 is 0 Å². The highest BCUT2D eigenvalue weighted by molar-refractivity contribution is 5.29. The van der Waals surface area contributed by atoms with Crippen LogP contribution in [0.3, 0.4) is 0 Å². The fourth-order valence-electron chi connectivity index (χ4n) is 1.63. The Labute approximate surface area is 89.4 Å². The van der Waals surface area contributed by atoms with Crippen LogP contribution < -0.4 is 10.5 Å². The maximum absolute atomic E-state index is 5.69. The molecule has 0 aliphatic carbocycles. The molecule has 15 heavy (non-hydrogen) atoms. The van der Waals surface area contributed by atoms with Crippen LogP contribution in [0.2, 0.25) is 0 Å². The molecule has 1 aromatic rings. The summed E-state index contributed by atoms with van der Waals surface area (Å²) in [7, 11) is 0.